The summed E-state index contributed by atoms with van der Waals surface area (Å²) in [6.07, 6.45) is -1.35. The fourth-order valence-electron chi connectivity index (χ4n) is 2.80. The van der Waals surface area contributed by atoms with Gasteiger partial charge in [-0.25, -0.2) is 14.0 Å². The minimum Gasteiger partial charge on any atom is -0.489 e. The number of carbonyl (C=O) groups excluding carboxylic acids is 3. The molecule has 8 nitrogen and oxygen atoms in total. The topological polar surface area (TPSA) is 119 Å². The average molecular weight is 459 g/mol. The fraction of sp³-hybridized carbons (Fsp3) is 0.333. The molecule has 2 N–H and O–H groups in total. The second kappa shape index (κ2) is 11.2. The van der Waals surface area contributed by atoms with E-state index in [2.05, 4.69) is 5.32 Å². The Hall–Kier alpha value is -3.75. The number of rotatable bonds is 10. The van der Waals surface area contributed by atoms with Crippen LogP contribution in [-0.4, -0.2) is 40.4 Å². The van der Waals surface area contributed by atoms with E-state index in [1.807, 2.05) is 0 Å². The van der Waals surface area contributed by atoms with Crippen molar-refractivity contribution in [3.05, 3.63) is 65.5 Å². The molecule has 0 bridgehead atoms. The van der Waals surface area contributed by atoms with Crippen LogP contribution < -0.4 is 10.1 Å². The molecule has 0 spiro atoms. The molecule has 0 aromatic heterocycles. The summed E-state index contributed by atoms with van der Waals surface area (Å²) < 4.78 is 24.2. The Balaban J connectivity index is 1.95. The van der Waals surface area contributed by atoms with Gasteiger partial charge in [0.1, 0.15) is 29.8 Å². The molecule has 0 fully saturated rings. The molecule has 0 heterocycles. The molecule has 0 aliphatic heterocycles. The lowest BCUT2D eigenvalue weighted by molar-refractivity contribution is -0.150. The monoisotopic (exact) mass is 459 g/mol. The number of benzene rings is 2. The van der Waals surface area contributed by atoms with Crippen LogP contribution in [0.3, 0.4) is 0 Å². The summed E-state index contributed by atoms with van der Waals surface area (Å²) in [7, 11) is 0. The van der Waals surface area contributed by atoms with Gasteiger partial charge in [-0.3, -0.25) is 9.59 Å². The van der Waals surface area contributed by atoms with Crippen LogP contribution in [0.1, 0.15) is 49.5 Å². The van der Waals surface area contributed by atoms with Crippen LogP contribution >= 0.6 is 0 Å². The Kier molecular flexibility index (Phi) is 8.67. The Bertz CT molecular complexity index is 1010. The summed E-state index contributed by atoms with van der Waals surface area (Å²) in [5.74, 6) is -3.27. The summed E-state index contributed by atoms with van der Waals surface area (Å²) in [5, 5.41) is 11.2. The molecule has 1 atom stereocenters. The van der Waals surface area contributed by atoms with Crippen molar-refractivity contribution in [3.8, 4) is 5.75 Å². The number of hydrogen-bond acceptors (Lipinski definition) is 6. The third-order valence-electron chi connectivity index (χ3n) is 4.41. The summed E-state index contributed by atoms with van der Waals surface area (Å²) in [6.45, 7) is 4.88. The Morgan fingerprint density at radius 1 is 1.03 bits per heavy atom. The van der Waals surface area contributed by atoms with Crippen molar-refractivity contribution in [1.29, 1.82) is 0 Å². The van der Waals surface area contributed by atoms with Crippen LogP contribution in [0, 0.1) is 5.82 Å². The van der Waals surface area contributed by atoms with Crippen molar-refractivity contribution >= 4 is 23.6 Å². The third-order valence-corrected chi connectivity index (χ3v) is 4.41. The lowest BCUT2D eigenvalue weighted by Crippen LogP contribution is -2.46. The van der Waals surface area contributed by atoms with Gasteiger partial charge in [0.05, 0.1) is 0 Å². The van der Waals surface area contributed by atoms with Gasteiger partial charge in [0.25, 0.3) is 5.78 Å². The summed E-state index contributed by atoms with van der Waals surface area (Å²) in [4.78, 5) is 47.4. The molecule has 1 amide bonds. The number of Topliss-reactive ketones (excluding diaryl/α,β-unsaturated/α-hetero) is 2. The molecule has 0 saturated heterocycles. The number of halogens is 1. The van der Waals surface area contributed by atoms with Crippen molar-refractivity contribution in [1.82, 2.24) is 5.32 Å². The number of nitrogens with one attached hydrogen (secondary N) is 1. The van der Waals surface area contributed by atoms with Crippen molar-refractivity contribution in [2.45, 2.75) is 51.9 Å². The van der Waals surface area contributed by atoms with Gasteiger partial charge in [-0.1, -0.05) is 18.2 Å². The molecule has 1 unspecified atom stereocenters. The number of ether oxygens (including phenoxy) is 2. The molecule has 0 radical (unpaired) electrons. The van der Waals surface area contributed by atoms with E-state index < -0.39 is 29.5 Å². The minimum atomic E-state index is -1.72. The highest BCUT2D eigenvalue weighted by molar-refractivity contribution is 6.35. The average Bonchev–Trinajstić information content (AvgIpc) is 2.74. The molecular formula is C24H26FNO7. The van der Waals surface area contributed by atoms with E-state index in [4.69, 9.17) is 14.6 Å². The van der Waals surface area contributed by atoms with Gasteiger partial charge in [-0.05, 0) is 57.5 Å². The van der Waals surface area contributed by atoms with E-state index in [1.165, 1.54) is 18.2 Å². The second-order valence-electron chi connectivity index (χ2n) is 8.23. The zero-order chi connectivity index (χ0) is 24.6. The van der Waals surface area contributed by atoms with Gasteiger partial charge in [0.2, 0.25) is 0 Å². The highest BCUT2D eigenvalue weighted by Crippen LogP contribution is 2.17. The summed E-state index contributed by atoms with van der Waals surface area (Å²) in [5.41, 5.74) is -0.136. The van der Waals surface area contributed by atoms with Crippen LogP contribution in [0.15, 0.2) is 48.5 Å². The van der Waals surface area contributed by atoms with Gasteiger partial charge < -0.3 is 19.9 Å². The molecule has 9 heteroatoms. The van der Waals surface area contributed by atoms with Gasteiger partial charge in [-0.15, -0.1) is 0 Å². The first kappa shape index (κ1) is 25.5. The van der Waals surface area contributed by atoms with Crippen molar-refractivity contribution in [2.75, 3.05) is 0 Å². The Labute approximate surface area is 190 Å². The predicted molar refractivity (Wildman–Crippen MR) is 117 cm³/mol. The number of amides is 1. The molecule has 0 aliphatic carbocycles. The molecule has 33 heavy (non-hydrogen) atoms. The molecule has 2 rings (SSSR count). The van der Waals surface area contributed by atoms with Gasteiger partial charge in [0, 0.05) is 17.5 Å². The predicted octanol–water partition coefficient (Wildman–Crippen LogP) is 3.91. The normalized spacial score (nSPS) is 11.9. The lowest BCUT2D eigenvalue weighted by Gasteiger charge is -2.22. The fourth-order valence-corrected chi connectivity index (χ4v) is 2.80. The highest BCUT2D eigenvalue weighted by Gasteiger charge is 2.29. The SMILES string of the molecule is CC(C)(C)OC(=O)NC(CCC(=O)c1ccc(OCc2ccccc2F)cc1)C(=O)C(=O)O. The van der Waals surface area contributed by atoms with Crippen LogP contribution in [0.4, 0.5) is 9.18 Å². The maximum atomic E-state index is 13.7. The zero-order valence-electron chi connectivity index (χ0n) is 18.6. The first-order valence-electron chi connectivity index (χ1n) is 10.2. The largest absolute Gasteiger partial charge is 0.489 e. The maximum absolute atomic E-state index is 13.7. The lowest BCUT2D eigenvalue weighted by atomic mass is 10.0. The quantitative estimate of drug-likeness (QED) is 0.408. The maximum Gasteiger partial charge on any atom is 0.408 e. The van der Waals surface area contributed by atoms with Crippen molar-refractivity contribution in [2.24, 2.45) is 0 Å². The van der Waals surface area contributed by atoms with E-state index in [0.29, 0.717) is 16.9 Å². The first-order valence-corrected chi connectivity index (χ1v) is 10.2. The van der Waals surface area contributed by atoms with Gasteiger partial charge >= 0.3 is 12.1 Å². The van der Waals surface area contributed by atoms with Crippen LogP contribution in [0.5, 0.6) is 5.75 Å². The van der Waals surface area contributed by atoms with E-state index in [1.54, 1.807) is 51.1 Å². The van der Waals surface area contributed by atoms with E-state index in [-0.39, 0.29) is 31.0 Å². The molecular weight excluding hydrogens is 433 g/mol. The highest BCUT2D eigenvalue weighted by atomic mass is 19.1. The standard InChI is InChI=1S/C24H26FNO7/c1-24(2,3)33-23(31)26-19(21(28)22(29)30)12-13-20(27)15-8-10-17(11-9-15)32-14-16-6-4-5-7-18(16)25/h4-11,19H,12-14H2,1-3H3,(H,26,31)(H,29,30). The van der Waals surface area contributed by atoms with Crippen molar-refractivity contribution in [3.63, 3.8) is 0 Å². The van der Waals surface area contributed by atoms with Crippen LogP contribution in [-0.2, 0) is 20.9 Å². The number of carboxylic acids is 1. The van der Waals surface area contributed by atoms with Gasteiger partial charge in [0.15, 0.2) is 5.78 Å². The van der Waals surface area contributed by atoms with Crippen LogP contribution in [0.25, 0.3) is 0 Å². The van der Waals surface area contributed by atoms with E-state index in [0.717, 1.165) is 0 Å². The molecule has 2 aromatic carbocycles. The molecule has 176 valence electrons. The molecule has 0 saturated carbocycles. The third kappa shape index (κ3) is 8.36. The number of hydrogen-bond donors (Lipinski definition) is 2. The Morgan fingerprint density at radius 3 is 2.24 bits per heavy atom. The minimum absolute atomic E-state index is 0.0231. The second-order valence-corrected chi connectivity index (χ2v) is 8.23. The molecule has 0 aliphatic rings. The number of ketones is 2. The Morgan fingerprint density at radius 2 is 1.67 bits per heavy atom. The first-order chi connectivity index (χ1) is 15.5. The van der Waals surface area contributed by atoms with Crippen LogP contribution in [0.2, 0.25) is 0 Å². The molecule has 2 aromatic rings. The smallest absolute Gasteiger partial charge is 0.408 e. The van der Waals surface area contributed by atoms with Gasteiger partial charge in [-0.2, -0.15) is 0 Å². The number of carboxylic acid groups (broad SMARTS) is 1. The van der Waals surface area contributed by atoms with Crippen molar-refractivity contribution < 1.29 is 38.1 Å². The van der Waals surface area contributed by atoms with E-state index in [9.17, 15) is 23.6 Å². The number of carbonyl (C=O) groups is 4. The zero-order valence-corrected chi connectivity index (χ0v) is 18.6. The summed E-state index contributed by atoms with van der Waals surface area (Å²) in [6, 6.07) is 10.9. The number of alkyl carbamates (subject to hydrolysis) is 1. The number of aliphatic carboxylic acids is 1. The van der Waals surface area contributed by atoms with E-state index >= 15 is 0 Å². The summed E-state index contributed by atoms with van der Waals surface area (Å²) >= 11 is 0.